The number of rotatable bonds is 10. The van der Waals surface area contributed by atoms with Gasteiger partial charge in [-0.25, -0.2) is 0 Å². The zero-order valence-corrected chi connectivity index (χ0v) is 27.6. The number of carbonyl (C=O) groups excluding carboxylic acids is 5. The molecule has 3 aromatic carbocycles. The number of benzene rings is 3. The molecule has 5 atom stereocenters. The predicted octanol–water partition coefficient (Wildman–Crippen LogP) is 5.65. The Morgan fingerprint density at radius 3 is 2.16 bits per heavy atom. The molecular weight excluding hydrogens is 695 g/mol. The molecule has 1 fully saturated rings. The Morgan fingerprint density at radius 2 is 1.48 bits per heavy atom. The largest absolute Gasteiger partial charge is 0.463 e. The van der Waals surface area contributed by atoms with Crippen molar-refractivity contribution in [2.75, 3.05) is 11.9 Å². The maximum atomic E-state index is 12.7. The molecule has 13 nitrogen and oxygen atoms in total. The summed E-state index contributed by atoms with van der Waals surface area (Å²) in [5.41, 5.74) is 2.35. The minimum Gasteiger partial charge on any atom is -0.463 e. The monoisotopic (exact) mass is 730 g/mol. The molecule has 262 valence electrons. The van der Waals surface area contributed by atoms with Crippen LogP contribution in [-0.2, 0) is 42.9 Å². The fourth-order valence-corrected chi connectivity index (χ4v) is 5.60. The minimum absolute atomic E-state index is 0.0185. The first-order valence-corrected chi connectivity index (χ1v) is 15.4. The van der Waals surface area contributed by atoms with E-state index in [1.807, 2.05) is 16.7 Å². The molecule has 5 rings (SSSR count). The average molecular weight is 732 g/mol. The normalized spacial score (nSPS) is 21.0. The van der Waals surface area contributed by atoms with Crippen molar-refractivity contribution < 1.29 is 57.9 Å². The highest BCUT2D eigenvalue weighted by atomic mass is 35.5. The molecule has 2 heterocycles. The highest BCUT2D eigenvalue weighted by Gasteiger charge is 2.53. The van der Waals surface area contributed by atoms with Gasteiger partial charge in [0.2, 0.25) is 12.4 Å². The second-order valence-electron chi connectivity index (χ2n) is 10.7. The number of anilines is 1. The Kier molecular flexibility index (Phi) is 9.66. The number of fused-ring (bicyclic) bond motifs is 1. The fraction of sp³-hybridized carbons (Fsp3) is 0.286. The van der Waals surface area contributed by atoms with Crippen molar-refractivity contribution in [1.29, 1.82) is 0 Å². The molecule has 15 heteroatoms. The Bertz CT molecular complexity index is 2020. The van der Waals surface area contributed by atoms with Crippen LogP contribution in [0.25, 0.3) is 16.6 Å². The standard InChI is InChI=1S/C35H32Cl2N2O11/c1-18(40)45-17-30-31(46-19(2)41)32(47-20(3)42)33(48-21(4)43)35(50-30)49-29-12-10-26(16-27(29)37)39-14-13-23-15-25(9-11-28(23)39)38-34(44)22-5-7-24(36)8-6-22/h5-16,30-33,35H,17H2,1-4H3,(H,38,44)/t30-,31-,32+,33+,35?/m1/s1/i1D,2D,3D,4D. The first-order chi connectivity index (χ1) is 25.9. The Hall–Kier alpha value is -5.11. The van der Waals surface area contributed by atoms with Gasteiger partial charge in [-0.1, -0.05) is 23.2 Å². The van der Waals surface area contributed by atoms with E-state index >= 15 is 0 Å². The summed E-state index contributed by atoms with van der Waals surface area (Å²) < 4.78 is 64.5. The van der Waals surface area contributed by atoms with Crippen LogP contribution in [-0.4, -0.2) is 71.7 Å². The molecule has 50 heavy (non-hydrogen) atoms. The lowest BCUT2D eigenvalue weighted by atomic mass is 9.98. The maximum Gasteiger partial charge on any atom is 0.303 e. The van der Waals surface area contributed by atoms with Crippen molar-refractivity contribution >= 4 is 69.6 Å². The highest BCUT2D eigenvalue weighted by Crippen LogP contribution is 2.35. The van der Waals surface area contributed by atoms with E-state index in [0.717, 1.165) is 10.9 Å². The lowest BCUT2D eigenvalue weighted by Gasteiger charge is -2.44. The summed E-state index contributed by atoms with van der Waals surface area (Å²) >= 11 is 12.6. The van der Waals surface area contributed by atoms with E-state index in [4.69, 9.17) is 57.1 Å². The van der Waals surface area contributed by atoms with Gasteiger partial charge >= 0.3 is 23.9 Å². The van der Waals surface area contributed by atoms with Gasteiger partial charge in [0.1, 0.15) is 18.5 Å². The number of amides is 1. The highest BCUT2D eigenvalue weighted by molar-refractivity contribution is 6.32. The SMILES string of the molecule is [2H]CC(=O)OC[C@H]1OC(Oc2ccc(-n3ccc4cc(NC(=O)c5ccc(Cl)cc5)ccc43)cc2Cl)[C@@H](OC(=O)C[2H])[C@@H](OC(=O)C[2H])[C@@H]1OC(=O)C[2H]. The summed E-state index contributed by atoms with van der Waals surface area (Å²) in [6.45, 7) is -4.04. The molecule has 1 aliphatic heterocycles. The number of aromatic nitrogens is 1. The molecule has 1 amide bonds. The van der Waals surface area contributed by atoms with Gasteiger partial charge in [-0.3, -0.25) is 24.0 Å². The number of esters is 4. The van der Waals surface area contributed by atoms with Gasteiger partial charge < -0.3 is 38.3 Å². The molecule has 0 saturated carbocycles. The molecule has 1 saturated heterocycles. The summed E-state index contributed by atoms with van der Waals surface area (Å²) in [6, 6.07) is 18.3. The second kappa shape index (κ2) is 15.6. The number of nitrogens with zero attached hydrogens (tertiary/aromatic N) is 1. The molecule has 4 aromatic rings. The quantitative estimate of drug-likeness (QED) is 0.159. The van der Waals surface area contributed by atoms with Gasteiger partial charge in [0.15, 0.2) is 12.2 Å². The molecule has 1 N–H and O–H groups in total. The first kappa shape index (κ1) is 30.9. The predicted molar refractivity (Wildman–Crippen MR) is 180 cm³/mol. The maximum absolute atomic E-state index is 12.7. The van der Waals surface area contributed by atoms with Gasteiger partial charge in [0.05, 0.1) is 10.5 Å². The minimum atomic E-state index is -1.72. The average Bonchev–Trinajstić information content (AvgIpc) is 3.60. The van der Waals surface area contributed by atoms with Crippen molar-refractivity contribution in [1.82, 2.24) is 4.57 Å². The lowest BCUT2D eigenvalue weighted by molar-refractivity contribution is -0.288. The van der Waals surface area contributed by atoms with E-state index < -0.39 is 88.8 Å². The number of hydrogen-bond donors (Lipinski definition) is 1. The third-order valence-corrected chi connectivity index (χ3v) is 7.84. The van der Waals surface area contributed by atoms with Crippen LogP contribution in [0.3, 0.4) is 0 Å². The number of halogens is 2. The Labute approximate surface area is 301 Å². The molecule has 1 unspecified atom stereocenters. The van der Waals surface area contributed by atoms with Crippen LogP contribution in [0.2, 0.25) is 10.0 Å². The molecular formula is C35H32Cl2N2O11. The van der Waals surface area contributed by atoms with Crippen molar-refractivity contribution in [2.45, 2.75) is 58.3 Å². The van der Waals surface area contributed by atoms with Gasteiger partial charge in [-0.05, 0) is 66.7 Å². The van der Waals surface area contributed by atoms with Crippen LogP contribution in [0, 0.1) is 0 Å². The molecule has 0 aliphatic carbocycles. The number of carbonyl (C=O) groups is 5. The van der Waals surface area contributed by atoms with Gasteiger partial charge in [-0.2, -0.15) is 0 Å². The summed E-state index contributed by atoms with van der Waals surface area (Å²) in [6.07, 6.45) is -6.45. The molecule has 0 radical (unpaired) electrons. The van der Waals surface area contributed by atoms with Crippen LogP contribution in [0.1, 0.15) is 43.4 Å². The van der Waals surface area contributed by atoms with E-state index in [-0.39, 0.29) is 16.7 Å². The van der Waals surface area contributed by atoms with Gasteiger partial charge in [-0.15, -0.1) is 0 Å². The Balaban J connectivity index is 1.42. The molecule has 0 bridgehead atoms. The van der Waals surface area contributed by atoms with Crippen molar-refractivity contribution in [3.05, 3.63) is 88.5 Å². The van der Waals surface area contributed by atoms with Crippen LogP contribution in [0.15, 0.2) is 72.9 Å². The number of nitrogens with one attached hydrogen (secondary N) is 1. The van der Waals surface area contributed by atoms with Crippen molar-refractivity contribution in [3.63, 3.8) is 0 Å². The zero-order valence-electron chi connectivity index (χ0n) is 30.0. The van der Waals surface area contributed by atoms with Crippen LogP contribution in [0.5, 0.6) is 5.75 Å². The van der Waals surface area contributed by atoms with E-state index in [1.165, 1.54) is 6.07 Å². The summed E-state index contributed by atoms with van der Waals surface area (Å²) in [4.78, 5) is 61.7. The second-order valence-corrected chi connectivity index (χ2v) is 11.6. The van der Waals surface area contributed by atoms with E-state index in [1.54, 1.807) is 54.7 Å². The zero-order chi connectivity index (χ0) is 38.9. The first-order valence-electron chi connectivity index (χ1n) is 17.5. The summed E-state index contributed by atoms with van der Waals surface area (Å²) in [5.74, 6) is -4.64. The van der Waals surface area contributed by atoms with Crippen molar-refractivity contribution in [3.8, 4) is 11.4 Å². The Morgan fingerprint density at radius 1 is 0.800 bits per heavy atom. The summed E-state index contributed by atoms with van der Waals surface area (Å²) in [5, 5.41) is 4.20. The number of hydrogen-bond acceptors (Lipinski definition) is 11. The lowest BCUT2D eigenvalue weighted by Crippen LogP contribution is -2.63. The topological polar surface area (TPSA) is 158 Å². The molecule has 1 aliphatic rings. The molecule has 1 aromatic heterocycles. The molecule has 0 spiro atoms. The van der Waals surface area contributed by atoms with E-state index in [9.17, 15) is 24.0 Å². The van der Waals surface area contributed by atoms with Crippen LogP contribution >= 0.6 is 23.2 Å². The van der Waals surface area contributed by atoms with Crippen LogP contribution in [0.4, 0.5) is 5.69 Å². The van der Waals surface area contributed by atoms with Gasteiger partial charge in [0, 0.05) is 66.6 Å². The van der Waals surface area contributed by atoms with Crippen molar-refractivity contribution in [2.24, 2.45) is 0 Å². The van der Waals surface area contributed by atoms with Gasteiger partial charge in [0.25, 0.3) is 5.91 Å². The van der Waals surface area contributed by atoms with Crippen LogP contribution < -0.4 is 10.1 Å². The summed E-state index contributed by atoms with van der Waals surface area (Å²) in [7, 11) is 0. The number of ether oxygens (including phenoxy) is 6. The fourth-order valence-electron chi connectivity index (χ4n) is 5.25. The third kappa shape index (κ3) is 8.72. The smallest absolute Gasteiger partial charge is 0.303 e. The van der Waals surface area contributed by atoms with E-state index in [2.05, 4.69) is 5.32 Å². The third-order valence-electron chi connectivity index (χ3n) is 7.29. The van der Waals surface area contributed by atoms with E-state index in [0.29, 0.717) is 22.0 Å².